The van der Waals surface area contributed by atoms with Crippen LogP contribution in [-0.2, 0) is 9.53 Å². The van der Waals surface area contributed by atoms with Gasteiger partial charge in [0.25, 0.3) is 0 Å². The molecule has 1 aromatic heterocycles. The standard InChI is InChI=1S/C14H21N3O2/c1-11-15-5-7-17(11)13-3-2-6-16(9-13)14(18)12-4-8-19-10-12/h5,7,12-13H,2-4,6,8-10H2,1H3/t12-,13-/m1/s1. The van der Waals surface area contributed by atoms with Crippen molar-refractivity contribution in [3.63, 3.8) is 0 Å². The second kappa shape index (κ2) is 5.33. The third-order valence-electron chi connectivity index (χ3n) is 4.24. The summed E-state index contributed by atoms with van der Waals surface area (Å²) >= 11 is 0. The van der Waals surface area contributed by atoms with Crippen molar-refractivity contribution in [2.75, 3.05) is 26.3 Å². The van der Waals surface area contributed by atoms with Gasteiger partial charge in [0.15, 0.2) is 0 Å². The molecule has 5 heteroatoms. The first-order valence-corrected chi connectivity index (χ1v) is 7.11. The van der Waals surface area contributed by atoms with E-state index < -0.39 is 0 Å². The van der Waals surface area contributed by atoms with Crippen LogP contribution in [-0.4, -0.2) is 46.7 Å². The SMILES string of the molecule is Cc1nccn1[C@@H]1CCCN(C(=O)[C@@H]2CCOC2)C1. The first-order chi connectivity index (χ1) is 9.25. The summed E-state index contributed by atoms with van der Waals surface area (Å²) < 4.78 is 7.52. The summed E-state index contributed by atoms with van der Waals surface area (Å²) in [5.74, 6) is 1.39. The minimum Gasteiger partial charge on any atom is -0.381 e. The minimum atomic E-state index is 0.0858. The summed E-state index contributed by atoms with van der Waals surface area (Å²) in [5, 5.41) is 0. The number of piperidine rings is 1. The van der Waals surface area contributed by atoms with Crippen molar-refractivity contribution in [1.29, 1.82) is 0 Å². The van der Waals surface area contributed by atoms with Gasteiger partial charge >= 0.3 is 0 Å². The molecule has 104 valence electrons. The molecule has 2 saturated heterocycles. The maximum Gasteiger partial charge on any atom is 0.228 e. The zero-order chi connectivity index (χ0) is 13.2. The van der Waals surface area contributed by atoms with Gasteiger partial charge in [-0.2, -0.15) is 0 Å². The Morgan fingerprint density at radius 2 is 2.37 bits per heavy atom. The van der Waals surface area contributed by atoms with Crippen LogP contribution in [0.5, 0.6) is 0 Å². The molecule has 2 aliphatic rings. The number of imidazole rings is 1. The third kappa shape index (κ3) is 2.52. The minimum absolute atomic E-state index is 0.0858. The predicted octanol–water partition coefficient (Wildman–Crippen LogP) is 1.39. The lowest BCUT2D eigenvalue weighted by atomic mass is 10.0. The van der Waals surface area contributed by atoms with Crippen molar-refractivity contribution in [3.8, 4) is 0 Å². The van der Waals surface area contributed by atoms with Gasteiger partial charge in [-0.1, -0.05) is 0 Å². The summed E-state index contributed by atoms with van der Waals surface area (Å²) in [4.78, 5) is 18.7. The van der Waals surface area contributed by atoms with Gasteiger partial charge in [0, 0.05) is 32.1 Å². The van der Waals surface area contributed by atoms with E-state index in [4.69, 9.17) is 4.74 Å². The van der Waals surface area contributed by atoms with E-state index in [-0.39, 0.29) is 11.8 Å². The van der Waals surface area contributed by atoms with Crippen LogP contribution < -0.4 is 0 Å². The van der Waals surface area contributed by atoms with Crippen LogP contribution in [0.1, 0.15) is 31.1 Å². The number of ether oxygens (including phenoxy) is 1. The maximum atomic E-state index is 12.4. The van der Waals surface area contributed by atoms with E-state index >= 15 is 0 Å². The van der Waals surface area contributed by atoms with Gasteiger partial charge in [0.1, 0.15) is 5.82 Å². The van der Waals surface area contributed by atoms with Crippen molar-refractivity contribution in [2.45, 2.75) is 32.2 Å². The van der Waals surface area contributed by atoms with Crippen molar-refractivity contribution in [1.82, 2.24) is 14.5 Å². The molecule has 5 nitrogen and oxygen atoms in total. The van der Waals surface area contributed by atoms with Crippen LogP contribution >= 0.6 is 0 Å². The molecule has 0 N–H and O–H groups in total. The van der Waals surface area contributed by atoms with E-state index in [1.165, 1.54) is 0 Å². The van der Waals surface area contributed by atoms with Gasteiger partial charge in [-0.25, -0.2) is 4.98 Å². The number of amides is 1. The molecule has 3 rings (SSSR count). The Morgan fingerprint density at radius 3 is 3.05 bits per heavy atom. The van der Waals surface area contributed by atoms with Crippen LogP contribution in [0.3, 0.4) is 0 Å². The zero-order valence-corrected chi connectivity index (χ0v) is 11.4. The van der Waals surface area contributed by atoms with E-state index in [1.807, 2.05) is 24.2 Å². The van der Waals surface area contributed by atoms with E-state index in [2.05, 4.69) is 9.55 Å². The van der Waals surface area contributed by atoms with Crippen LogP contribution in [0.4, 0.5) is 0 Å². The van der Waals surface area contributed by atoms with Gasteiger partial charge in [-0.05, 0) is 26.2 Å². The van der Waals surface area contributed by atoms with Crippen LogP contribution in [0, 0.1) is 12.8 Å². The van der Waals surface area contributed by atoms with Crippen molar-refractivity contribution in [3.05, 3.63) is 18.2 Å². The van der Waals surface area contributed by atoms with E-state index in [1.54, 1.807) is 0 Å². The second-order valence-corrected chi connectivity index (χ2v) is 5.52. The Morgan fingerprint density at radius 1 is 1.47 bits per heavy atom. The normalized spacial score (nSPS) is 27.7. The Balaban J connectivity index is 1.68. The molecular weight excluding hydrogens is 242 g/mol. The molecule has 2 fully saturated rings. The number of aromatic nitrogens is 2. The number of nitrogens with zero attached hydrogens (tertiary/aromatic N) is 3. The highest BCUT2D eigenvalue weighted by Gasteiger charge is 2.31. The first-order valence-electron chi connectivity index (χ1n) is 7.11. The third-order valence-corrected chi connectivity index (χ3v) is 4.24. The summed E-state index contributed by atoms with van der Waals surface area (Å²) in [6, 6.07) is 0.377. The van der Waals surface area contributed by atoms with E-state index in [9.17, 15) is 4.79 Å². The Hall–Kier alpha value is -1.36. The number of carbonyl (C=O) groups excluding carboxylic acids is 1. The van der Waals surface area contributed by atoms with E-state index in [0.29, 0.717) is 12.6 Å². The maximum absolute atomic E-state index is 12.4. The number of hydrogen-bond acceptors (Lipinski definition) is 3. The molecule has 3 heterocycles. The molecule has 2 aliphatic heterocycles. The van der Waals surface area contributed by atoms with Gasteiger partial charge in [0.05, 0.1) is 18.6 Å². The molecule has 0 saturated carbocycles. The molecule has 1 aromatic rings. The quantitative estimate of drug-likeness (QED) is 0.810. The van der Waals surface area contributed by atoms with E-state index in [0.717, 1.165) is 44.8 Å². The zero-order valence-electron chi connectivity index (χ0n) is 11.4. The average Bonchev–Trinajstić information content (AvgIpc) is 3.09. The highest BCUT2D eigenvalue weighted by atomic mass is 16.5. The van der Waals surface area contributed by atoms with Crippen molar-refractivity contribution >= 4 is 5.91 Å². The number of likely N-dealkylation sites (tertiary alicyclic amines) is 1. The Kier molecular flexibility index (Phi) is 3.55. The second-order valence-electron chi connectivity index (χ2n) is 5.52. The molecular formula is C14H21N3O2. The lowest BCUT2D eigenvalue weighted by Crippen LogP contribution is -2.43. The summed E-state index contributed by atoms with van der Waals surface area (Å²) in [6.45, 7) is 5.05. The fourth-order valence-electron chi connectivity index (χ4n) is 3.14. The molecule has 1 amide bonds. The Labute approximate surface area is 113 Å². The predicted molar refractivity (Wildman–Crippen MR) is 70.7 cm³/mol. The summed E-state index contributed by atoms with van der Waals surface area (Å²) in [7, 11) is 0. The number of carbonyl (C=O) groups is 1. The van der Waals surface area contributed by atoms with Crippen LogP contribution in [0.2, 0.25) is 0 Å². The highest BCUT2D eigenvalue weighted by Crippen LogP contribution is 2.25. The molecule has 0 bridgehead atoms. The largest absolute Gasteiger partial charge is 0.381 e. The van der Waals surface area contributed by atoms with Gasteiger partial charge < -0.3 is 14.2 Å². The van der Waals surface area contributed by atoms with Crippen molar-refractivity contribution < 1.29 is 9.53 Å². The number of rotatable bonds is 2. The van der Waals surface area contributed by atoms with Crippen molar-refractivity contribution in [2.24, 2.45) is 5.92 Å². The van der Waals surface area contributed by atoms with Gasteiger partial charge in [-0.3, -0.25) is 4.79 Å². The number of aryl methyl sites for hydroxylation is 1. The number of hydrogen-bond donors (Lipinski definition) is 0. The molecule has 19 heavy (non-hydrogen) atoms. The summed E-state index contributed by atoms with van der Waals surface area (Å²) in [5.41, 5.74) is 0. The molecule has 0 radical (unpaired) electrons. The molecule has 0 unspecified atom stereocenters. The monoisotopic (exact) mass is 263 g/mol. The lowest BCUT2D eigenvalue weighted by Gasteiger charge is -2.35. The van der Waals surface area contributed by atoms with Gasteiger partial charge in [-0.15, -0.1) is 0 Å². The lowest BCUT2D eigenvalue weighted by molar-refractivity contribution is -0.137. The molecule has 0 aromatic carbocycles. The smallest absolute Gasteiger partial charge is 0.228 e. The highest BCUT2D eigenvalue weighted by molar-refractivity contribution is 5.79. The Bertz CT molecular complexity index is 451. The van der Waals surface area contributed by atoms with Crippen LogP contribution in [0.15, 0.2) is 12.4 Å². The van der Waals surface area contributed by atoms with Gasteiger partial charge in [0.2, 0.25) is 5.91 Å². The topological polar surface area (TPSA) is 47.4 Å². The molecule has 0 aliphatic carbocycles. The fourth-order valence-corrected chi connectivity index (χ4v) is 3.14. The molecule has 2 atom stereocenters. The summed E-state index contributed by atoms with van der Waals surface area (Å²) in [6.07, 6.45) is 6.93. The molecule has 0 spiro atoms. The fraction of sp³-hybridized carbons (Fsp3) is 0.714. The first kappa shape index (κ1) is 12.7. The van der Waals surface area contributed by atoms with Crippen LogP contribution in [0.25, 0.3) is 0 Å². The average molecular weight is 263 g/mol.